The number of halogens is 1. The normalized spacial score (nSPS) is 12.5. The van der Waals surface area contributed by atoms with Crippen molar-refractivity contribution in [2.24, 2.45) is 0 Å². The fourth-order valence-electron chi connectivity index (χ4n) is 2.31. The number of rotatable bonds is 5. The Hall–Kier alpha value is -2.17. The second-order valence-corrected chi connectivity index (χ2v) is 5.98. The number of hydrogen-bond acceptors (Lipinski definition) is 4. The first-order valence-electron chi connectivity index (χ1n) is 7.47. The van der Waals surface area contributed by atoms with Crippen molar-refractivity contribution in [1.82, 2.24) is 15.0 Å². The van der Waals surface area contributed by atoms with Gasteiger partial charge in [0, 0.05) is 17.1 Å². The number of hydrogen-bond donors (Lipinski definition) is 0. The van der Waals surface area contributed by atoms with Gasteiger partial charge in [0.1, 0.15) is 0 Å². The Morgan fingerprint density at radius 1 is 1.09 bits per heavy atom. The molecule has 3 aromatic rings. The monoisotopic (exact) mass is 327 g/mol. The Kier molecular flexibility index (Phi) is 4.74. The molecule has 5 heteroatoms. The van der Waals surface area contributed by atoms with E-state index in [1.807, 2.05) is 61.6 Å². The summed E-state index contributed by atoms with van der Waals surface area (Å²) >= 11 is 5.92. The molecule has 0 amide bonds. The van der Waals surface area contributed by atoms with Gasteiger partial charge in [-0.1, -0.05) is 59.2 Å². The largest absolute Gasteiger partial charge is 0.337 e. The van der Waals surface area contributed by atoms with Crippen molar-refractivity contribution in [2.75, 3.05) is 7.05 Å². The maximum Gasteiger partial charge on any atom is 0.244 e. The van der Waals surface area contributed by atoms with Crippen LogP contribution in [-0.2, 0) is 6.54 Å². The van der Waals surface area contributed by atoms with E-state index in [4.69, 9.17) is 16.1 Å². The summed E-state index contributed by atoms with van der Waals surface area (Å²) < 4.78 is 5.43. The number of nitrogens with zero attached hydrogens (tertiary/aromatic N) is 3. The molecule has 0 aliphatic rings. The van der Waals surface area contributed by atoms with Gasteiger partial charge in [0.05, 0.1) is 6.04 Å². The molecule has 1 atom stereocenters. The quantitative estimate of drug-likeness (QED) is 0.687. The van der Waals surface area contributed by atoms with Crippen LogP contribution < -0.4 is 0 Å². The van der Waals surface area contributed by atoms with Crippen LogP contribution in [0, 0.1) is 0 Å². The molecule has 0 spiro atoms. The minimum atomic E-state index is 0.0237. The molecule has 0 radical (unpaired) electrons. The molecule has 0 saturated heterocycles. The third-order valence-electron chi connectivity index (χ3n) is 3.84. The van der Waals surface area contributed by atoms with E-state index >= 15 is 0 Å². The van der Waals surface area contributed by atoms with Crippen molar-refractivity contribution in [3.63, 3.8) is 0 Å². The van der Waals surface area contributed by atoms with Gasteiger partial charge in [-0.2, -0.15) is 4.98 Å². The van der Waals surface area contributed by atoms with Gasteiger partial charge in [0.15, 0.2) is 0 Å². The molecule has 0 fully saturated rings. The smallest absolute Gasteiger partial charge is 0.244 e. The molecule has 118 valence electrons. The molecule has 0 N–H and O–H groups in total. The third kappa shape index (κ3) is 3.78. The van der Waals surface area contributed by atoms with Crippen molar-refractivity contribution >= 4 is 11.6 Å². The first-order valence-corrected chi connectivity index (χ1v) is 7.85. The maximum absolute atomic E-state index is 5.92. The lowest BCUT2D eigenvalue weighted by Crippen LogP contribution is -2.22. The van der Waals surface area contributed by atoms with E-state index in [0.717, 1.165) is 17.1 Å². The van der Waals surface area contributed by atoms with Gasteiger partial charge in [-0.25, -0.2) is 0 Å². The standard InChI is InChI=1S/C18H18ClN3O/c1-13(22(2)12-14-8-10-16(19)11-9-14)18-20-17(21-23-18)15-6-4-3-5-7-15/h3-11,13H,12H2,1-2H3. The molecule has 0 aliphatic heterocycles. The van der Waals surface area contributed by atoms with Crippen LogP contribution in [0.4, 0.5) is 0 Å². The van der Waals surface area contributed by atoms with Crippen LogP contribution in [0.1, 0.15) is 24.4 Å². The molecular weight excluding hydrogens is 310 g/mol. The minimum Gasteiger partial charge on any atom is -0.337 e. The highest BCUT2D eigenvalue weighted by Crippen LogP contribution is 2.23. The molecule has 4 nitrogen and oxygen atoms in total. The predicted octanol–water partition coefficient (Wildman–Crippen LogP) is 4.58. The molecule has 3 rings (SSSR count). The summed E-state index contributed by atoms with van der Waals surface area (Å²) in [7, 11) is 2.03. The molecule has 1 unspecified atom stereocenters. The Bertz CT molecular complexity index is 755. The Balaban J connectivity index is 1.71. The third-order valence-corrected chi connectivity index (χ3v) is 4.09. The summed E-state index contributed by atoms with van der Waals surface area (Å²) in [4.78, 5) is 6.67. The highest BCUT2D eigenvalue weighted by molar-refractivity contribution is 6.30. The fourth-order valence-corrected chi connectivity index (χ4v) is 2.44. The molecule has 1 aromatic heterocycles. The van der Waals surface area contributed by atoms with E-state index in [0.29, 0.717) is 11.7 Å². The van der Waals surface area contributed by atoms with Crippen LogP contribution >= 0.6 is 11.6 Å². The molecule has 2 aromatic carbocycles. The van der Waals surface area contributed by atoms with Crippen LogP contribution in [0.25, 0.3) is 11.4 Å². The van der Waals surface area contributed by atoms with Crippen LogP contribution in [0.3, 0.4) is 0 Å². The van der Waals surface area contributed by atoms with Gasteiger partial charge in [-0.15, -0.1) is 0 Å². The maximum atomic E-state index is 5.92. The zero-order valence-corrected chi connectivity index (χ0v) is 13.9. The van der Waals surface area contributed by atoms with Crippen LogP contribution in [0.15, 0.2) is 59.1 Å². The summed E-state index contributed by atoms with van der Waals surface area (Å²) in [6.07, 6.45) is 0. The molecule has 23 heavy (non-hydrogen) atoms. The highest BCUT2D eigenvalue weighted by Gasteiger charge is 2.19. The van der Waals surface area contributed by atoms with E-state index in [2.05, 4.69) is 22.0 Å². The summed E-state index contributed by atoms with van der Waals surface area (Å²) in [5, 5.41) is 4.82. The lowest BCUT2D eigenvalue weighted by molar-refractivity contribution is 0.202. The Labute approximate surface area is 140 Å². The fraction of sp³-hybridized carbons (Fsp3) is 0.222. The van der Waals surface area contributed by atoms with Crippen molar-refractivity contribution in [3.05, 3.63) is 71.1 Å². The molecule has 0 aliphatic carbocycles. The van der Waals surface area contributed by atoms with E-state index < -0.39 is 0 Å². The van der Waals surface area contributed by atoms with Gasteiger partial charge in [-0.05, 0) is 31.7 Å². The number of aromatic nitrogens is 2. The van der Waals surface area contributed by atoms with Crippen LogP contribution in [0.5, 0.6) is 0 Å². The van der Waals surface area contributed by atoms with Gasteiger partial charge < -0.3 is 4.52 Å². The lowest BCUT2D eigenvalue weighted by Gasteiger charge is -2.21. The predicted molar refractivity (Wildman–Crippen MR) is 91.1 cm³/mol. The molecule has 0 bridgehead atoms. The van der Waals surface area contributed by atoms with E-state index in [1.54, 1.807) is 0 Å². The van der Waals surface area contributed by atoms with Crippen LogP contribution in [0.2, 0.25) is 5.02 Å². The first-order chi connectivity index (χ1) is 11.1. The SMILES string of the molecule is CC(c1nc(-c2ccccc2)no1)N(C)Cc1ccc(Cl)cc1. The molecule has 0 saturated carbocycles. The average molecular weight is 328 g/mol. The second kappa shape index (κ2) is 6.94. The summed E-state index contributed by atoms with van der Waals surface area (Å²) in [5.41, 5.74) is 2.14. The molecular formula is C18H18ClN3O. The zero-order chi connectivity index (χ0) is 16.2. The van der Waals surface area contributed by atoms with Gasteiger partial charge in [0.25, 0.3) is 0 Å². The first kappa shape index (κ1) is 15.7. The average Bonchev–Trinajstić information content (AvgIpc) is 3.07. The van der Waals surface area contributed by atoms with Crippen LogP contribution in [-0.4, -0.2) is 22.1 Å². The van der Waals surface area contributed by atoms with Crippen molar-refractivity contribution in [1.29, 1.82) is 0 Å². The zero-order valence-electron chi connectivity index (χ0n) is 13.1. The highest BCUT2D eigenvalue weighted by atomic mass is 35.5. The lowest BCUT2D eigenvalue weighted by atomic mass is 10.2. The summed E-state index contributed by atoms with van der Waals surface area (Å²) in [5.74, 6) is 1.23. The second-order valence-electron chi connectivity index (χ2n) is 5.54. The van der Waals surface area contributed by atoms with E-state index in [1.165, 1.54) is 5.56 Å². The topological polar surface area (TPSA) is 42.2 Å². The Morgan fingerprint density at radius 3 is 2.48 bits per heavy atom. The van der Waals surface area contributed by atoms with Gasteiger partial charge in [-0.3, -0.25) is 4.90 Å². The van der Waals surface area contributed by atoms with E-state index in [9.17, 15) is 0 Å². The van der Waals surface area contributed by atoms with Crippen molar-refractivity contribution in [2.45, 2.75) is 19.5 Å². The van der Waals surface area contributed by atoms with Crippen molar-refractivity contribution in [3.8, 4) is 11.4 Å². The molecule has 1 heterocycles. The van der Waals surface area contributed by atoms with Crippen molar-refractivity contribution < 1.29 is 4.52 Å². The summed E-state index contributed by atoms with van der Waals surface area (Å²) in [6, 6.07) is 17.7. The van der Waals surface area contributed by atoms with E-state index in [-0.39, 0.29) is 6.04 Å². The van der Waals surface area contributed by atoms with Gasteiger partial charge in [0.2, 0.25) is 11.7 Å². The number of benzene rings is 2. The minimum absolute atomic E-state index is 0.0237. The summed E-state index contributed by atoms with van der Waals surface area (Å²) in [6.45, 7) is 2.83. The van der Waals surface area contributed by atoms with Gasteiger partial charge >= 0.3 is 0 Å². The Morgan fingerprint density at radius 2 is 1.78 bits per heavy atom.